The van der Waals surface area contributed by atoms with Gasteiger partial charge in [0.1, 0.15) is 5.56 Å². The van der Waals surface area contributed by atoms with E-state index in [-0.39, 0.29) is 16.9 Å². The predicted molar refractivity (Wildman–Crippen MR) is 74.7 cm³/mol. The van der Waals surface area contributed by atoms with Crippen LogP contribution in [0.1, 0.15) is 43.5 Å². The van der Waals surface area contributed by atoms with Crippen molar-refractivity contribution in [3.8, 4) is 5.88 Å². The van der Waals surface area contributed by atoms with E-state index in [0.717, 1.165) is 26.2 Å². The summed E-state index contributed by atoms with van der Waals surface area (Å²) in [5, 5.41) is 2.76. The van der Waals surface area contributed by atoms with Gasteiger partial charge in [0, 0.05) is 12.7 Å². The van der Waals surface area contributed by atoms with Crippen LogP contribution >= 0.6 is 0 Å². The lowest BCUT2D eigenvalue weighted by atomic mass is 10.0. The summed E-state index contributed by atoms with van der Waals surface area (Å²) in [7, 11) is 0. The average Bonchev–Trinajstić information content (AvgIpc) is 3.25. The van der Waals surface area contributed by atoms with Gasteiger partial charge in [0.05, 0.1) is 0 Å². The molecule has 1 fully saturated rings. The number of ether oxygens (including phenoxy) is 1. The topological polar surface area (TPSA) is 51.2 Å². The number of rotatable bonds is 6. The van der Waals surface area contributed by atoms with Crippen molar-refractivity contribution in [3.05, 3.63) is 23.9 Å². The number of hydrogen-bond acceptors (Lipinski definition) is 3. The molecule has 0 spiro atoms. The molecule has 1 aliphatic carbocycles. The molecule has 1 aliphatic rings. The van der Waals surface area contributed by atoms with Crippen LogP contribution in [0.2, 0.25) is 0 Å². The van der Waals surface area contributed by atoms with Gasteiger partial charge in [-0.3, -0.25) is 4.79 Å². The van der Waals surface area contributed by atoms with E-state index < -0.39 is 18.2 Å². The molecular formula is C15H19F3N2O2. The lowest BCUT2D eigenvalue weighted by Crippen LogP contribution is -2.34. The molecule has 1 N–H and O–H groups in total. The zero-order chi connectivity index (χ0) is 16.4. The molecule has 22 heavy (non-hydrogen) atoms. The van der Waals surface area contributed by atoms with Gasteiger partial charge in [-0.2, -0.15) is 13.2 Å². The molecule has 1 amide bonds. The molecule has 0 radical (unpaired) electrons. The molecule has 0 aliphatic heterocycles. The van der Waals surface area contributed by atoms with E-state index in [4.69, 9.17) is 4.74 Å². The Morgan fingerprint density at radius 1 is 1.50 bits per heavy atom. The van der Waals surface area contributed by atoms with Crippen molar-refractivity contribution in [1.29, 1.82) is 0 Å². The van der Waals surface area contributed by atoms with Crippen molar-refractivity contribution < 1.29 is 22.7 Å². The minimum Gasteiger partial charge on any atom is -0.464 e. The lowest BCUT2D eigenvalue weighted by Gasteiger charge is -2.19. The van der Waals surface area contributed by atoms with E-state index in [1.165, 1.54) is 18.3 Å². The summed E-state index contributed by atoms with van der Waals surface area (Å²) in [4.78, 5) is 15.9. The van der Waals surface area contributed by atoms with Crippen molar-refractivity contribution >= 4 is 5.91 Å². The van der Waals surface area contributed by atoms with Crippen molar-refractivity contribution in [2.75, 3.05) is 6.54 Å². The average molecular weight is 316 g/mol. The van der Waals surface area contributed by atoms with Crippen molar-refractivity contribution in [2.24, 2.45) is 5.41 Å². The van der Waals surface area contributed by atoms with Gasteiger partial charge in [-0.25, -0.2) is 4.98 Å². The third-order valence-corrected chi connectivity index (χ3v) is 4.10. The van der Waals surface area contributed by atoms with Gasteiger partial charge in [0.15, 0.2) is 6.10 Å². The fourth-order valence-electron chi connectivity index (χ4n) is 2.09. The molecule has 0 saturated heterocycles. The second kappa shape index (κ2) is 6.14. The number of carbonyl (C=O) groups excluding carboxylic acids is 1. The summed E-state index contributed by atoms with van der Waals surface area (Å²) in [5.41, 5.74) is 0.170. The van der Waals surface area contributed by atoms with Gasteiger partial charge in [0.25, 0.3) is 5.91 Å². The summed E-state index contributed by atoms with van der Waals surface area (Å²) >= 11 is 0. The molecule has 1 atom stereocenters. The highest BCUT2D eigenvalue weighted by Crippen LogP contribution is 2.47. The van der Waals surface area contributed by atoms with Crippen LogP contribution in [0.15, 0.2) is 18.3 Å². The third kappa shape index (κ3) is 3.90. The maximum atomic E-state index is 12.6. The van der Waals surface area contributed by atoms with Crippen molar-refractivity contribution in [3.63, 3.8) is 0 Å². The number of halogens is 3. The smallest absolute Gasteiger partial charge is 0.425 e. The van der Waals surface area contributed by atoms with Crippen LogP contribution in [0.4, 0.5) is 13.2 Å². The van der Waals surface area contributed by atoms with Gasteiger partial charge in [-0.15, -0.1) is 0 Å². The first-order chi connectivity index (χ1) is 10.3. The monoisotopic (exact) mass is 316 g/mol. The highest BCUT2D eigenvalue weighted by molar-refractivity contribution is 5.96. The van der Waals surface area contributed by atoms with Gasteiger partial charge >= 0.3 is 6.18 Å². The van der Waals surface area contributed by atoms with Gasteiger partial charge in [-0.05, 0) is 43.7 Å². The number of alkyl halides is 3. The number of carbonyl (C=O) groups is 1. The molecule has 0 aromatic carbocycles. The van der Waals surface area contributed by atoms with Crippen LogP contribution in [0.3, 0.4) is 0 Å². The fourth-order valence-corrected chi connectivity index (χ4v) is 2.09. The van der Waals surface area contributed by atoms with E-state index in [2.05, 4.69) is 17.2 Å². The van der Waals surface area contributed by atoms with E-state index in [0.29, 0.717) is 6.54 Å². The van der Waals surface area contributed by atoms with Crippen LogP contribution in [-0.2, 0) is 0 Å². The molecule has 1 saturated carbocycles. The number of aromatic nitrogens is 1. The van der Waals surface area contributed by atoms with Gasteiger partial charge < -0.3 is 10.1 Å². The molecule has 2 rings (SSSR count). The number of amides is 1. The first kappa shape index (κ1) is 16.6. The van der Waals surface area contributed by atoms with Crippen molar-refractivity contribution in [2.45, 2.75) is 45.4 Å². The Hall–Kier alpha value is -1.79. The summed E-state index contributed by atoms with van der Waals surface area (Å²) in [5.74, 6) is -0.761. The number of nitrogens with one attached hydrogen (secondary N) is 1. The predicted octanol–water partition coefficient (Wildman–Crippen LogP) is 3.33. The SMILES string of the molecule is CCC1(CNC(=O)c2cccnc2OC(C)C(F)(F)F)CC1. The second-order valence-electron chi connectivity index (χ2n) is 5.69. The van der Waals surface area contributed by atoms with Crippen molar-refractivity contribution in [1.82, 2.24) is 10.3 Å². The van der Waals surface area contributed by atoms with Crippen LogP contribution in [0.25, 0.3) is 0 Å². The highest BCUT2D eigenvalue weighted by atomic mass is 19.4. The molecule has 7 heteroatoms. The quantitative estimate of drug-likeness (QED) is 0.876. The van der Waals surface area contributed by atoms with Gasteiger partial charge in [0.2, 0.25) is 5.88 Å². The second-order valence-corrected chi connectivity index (χ2v) is 5.69. The summed E-state index contributed by atoms with van der Waals surface area (Å²) in [6, 6.07) is 2.90. The Kier molecular flexibility index (Phi) is 4.63. The van der Waals surface area contributed by atoms with E-state index in [1.54, 1.807) is 0 Å². The van der Waals surface area contributed by atoms with E-state index >= 15 is 0 Å². The first-order valence-corrected chi connectivity index (χ1v) is 7.24. The summed E-state index contributed by atoms with van der Waals surface area (Å²) in [6.07, 6.45) is -2.15. The zero-order valence-corrected chi connectivity index (χ0v) is 12.5. The molecular weight excluding hydrogens is 297 g/mol. The Balaban J connectivity index is 2.05. The summed E-state index contributed by atoms with van der Waals surface area (Å²) < 4.78 is 42.5. The zero-order valence-electron chi connectivity index (χ0n) is 12.5. The van der Waals surface area contributed by atoms with Crippen LogP contribution in [0, 0.1) is 5.41 Å². The molecule has 4 nitrogen and oxygen atoms in total. The maximum Gasteiger partial charge on any atom is 0.425 e. The van der Waals surface area contributed by atoms with Crippen LogP contribution in [0.5, 0.6) is 5.88 Å². The first-order valence-electron chi connectivity index (χ1n) is 7.24. The molecule has 1 aromatic heterocycles. The molecule has 122 valence electrons. The third-order valence-electron chi connectivity index (χ3n) is 4.10. The Bertz CT molecular complexity index is 542. The molecule has 1 unspecified atom stereocenters. The Morgan fingerprint density at radius 3 is 2.73 bits per heavy atom. The summed E-state index contributed by atoms with van der Waals surface area (Å²) in [6.45, 7) is 3.46. The molecule has 0 bridgehead atoms. The maximum absolute atomic E-state index is 12.6. The largest absolute Gasteiger partial charge is 0.464 e. The molecule has 1 heterocycles. The minimum atomic E-state index is -4.51. The van der Waals surface area contributed by atoms with Crippen LogP contribution < -0.4 is 10.1 Å². The number of nitrogens with zero attached hydrogens (tertiary/aromatic N) is 1. The Morgan fingerprint density at radius 2 is 2.18 bits per heavy atom. The van der Waals surface area contributed by atoms with Crippen LogP contribution in [-0.4, -0.2) is 29.7 Å². The van der Waals surface area contributed by atoms with E-state index in [9.17, 15) is 18.0 Å². The molecule has 1 aromatic rings. The lowest BCUT2D eigenvalue weighted by molar-refractivity contribution is -0.190. The number of hydrogen-bond donors (Lipinski definition) is 1. The minimum absolute atomic E-state index is 0.0190. The van der Waals surface area contributed by atoms with E-state index in [1.807, 2.05) is 0 Å². The standard InChI is InChI=1S/C15H19F3N2O2/c1-3-14(6-7-14)9-20-12(21)11-5-4-8-19-13(11)22-10(2)15(16,17)18/h4-5,8,10H,3,6-7,9H2,1-2H3,(H,20,21). The fraction of sp³-hybridized carbons (Fsp3) is 0.600. The number of pyridine rings is 1. The Labute approximate surface area is 127 Å². The van der Waals surface area contributed by atoms with Gasteiger partial charge in [-0.1, -0.05) is 6.92 Å². The normalized spacial score (nSPS) is 17.7. The highest BCUT2D eigenvalue weighted by Gasteiger charge is 2.41.